The molecule has 0 saturated carbocycles. The third-order valence-corrected chi connectivity index (χ3v) is 5.00. The molecule has 28 heavy (non-hydrogen) atoms. The summed E-state index contributed by atoms with van der Waals surface area (Å²) in [6.07, 6.45) is 0.878. The normalized spacial score (nSPS) is 16.3. The highest BCUT2D eigenvalue weighted by molar-refractivity contribution is 7.99. The fourth-order valence-electron chi connectivity index (χ4n) is 2.82. The van der Waals surface area contributed by atoms with Crippen molar-refractivity contribution in [1.29, 1.82) is 0 Å². The van der Waals surface area contributed by atoms with Crippen LogP contribution in [0.25, 0.3) is 0 Å². The van der Waals surface area contributed by atoms with Gasteiger partial charge in [-0.05, 0) is 36.8 Å². The number of thioether (sulfide) groups is 1. The van der Waals surface area contributed by atoms with Gasteiger partial charge in [0.1, 0.15) is 6.61 Å². The Morgan fingerprint density at radius 1 is 1.21 bits per heavy atom. The summed E-state index contributed by atoms with van der Waals surface area (Å²) in [7, 11) is 1.56. The highest BCUT2D eigenvalue weighted by Crippen LogP contribution is 2.34. The van der Waals surface area contributed by atoms with Gasteiger partial charge in [-0.3, -0.25) is 0 Å². The van der Waals surface area contributed by atoms with Crippen LogP contribution in [0.1, 0.15) is 38.8 Å². The van der Waals surface area contributed by atoms with E-state index in [2.05, 4.69) is 17.6 Å². The maximum atomic E-state index is 12.7. The number of urea groups is 1. The van der Waals surface area contributed by atoms with Crippen molar-refractivity contribution in [2.24, 2.45) is 0 Å². The van der Waals surface area contributed by atoms with Gasteiger partial charge in [-0.1, -0.05) is 19.9 Å². The first-order valence-corrected chi connectivity index (χ1v) is 10.5. The number of allylic oxidation sites excluding steroid dienone is 1. The monoisotopic (exact) mass is 408 g/mol. The summed E-state index contributed by atoms with van der Waals surface area (Å²) in [6, 6.07) is 4.38. The summed E-state index contributed by atoms with van der Waals surface area (Å²) >= 11 is 1.70. The number of hydrogen-bond acceptors (Lipinski definition) is 6. The zero-order valence-electron chi connectivity index (χ0n) is 16.8. The second-order valence-corrected chi connectivity index (χ2v) is 7.56. The number of benzene rings is 1. The number of rotatable bonds is 10. The largest absolute Gasteiger partial charge is 0.493 e. The average Bonchev–Trinajstić information content (AvgIpc) is 2.68. The van der Waals surface area contributed by atoms with Crippen LogP contribution in [0.5, 0.6) is 11.5 Å². The zero-order valence-corrected chi connectivity index (χ0v) is 17.6. The van der Waals surface area contributed by atoms with Crippen LogP contribution in [0.4, 0.5) is 4.79 Å². The van der Waals surface area contributed by atoms with Crippen LogP contribution >= 0.6 is 11.8 Å². The van der Waals surface area contributed by atoms with E-state index in [1.54, 1.807) is 37.9 Å². The summed E-state index contributed by atoms with van der Waals surface area (Å²) in [4.78, 5) is 24.7. The standard InChI is InChI=1S/C20H28N2O5S/c1-5-9-26-15-8-7-14(12-16(15)25-4)18-17(13(3)21-20(24)22-18)19(23)27-10-11-28-6-2/h7-8,12,18H,5-6,9-11H2,1-4H3,(H2,21,22,24). The average molecular weight is 409 g/mol. The molecule has 0 spiro atoms. The second kappa shape index (κ2) is 10.8. The molecule has 8 heteroatoms. The minimum Gasteiger partial charge on any atom is -0.493 e. The SMILES string of the molecule is CCCOc1ccc(C2NC(=O)NC(C)=C2C(=O)OCCSCC)cc1OC. The van der Waals surface area contributed by atoms with Gasteiger partial charge in [0.2, 0.25) is 0 Å². The van der Waals surface area contributed by atoms with E-state index in [4.69, 9.17) is 14.2 Å². The van der Waals surface area contributed by atoms with E-state index >= 15 is 0 Å². The Morgan fingerprint density at radius 2 is 2.00 bits per heavy atom. The number of carbonyl (C=O) groups excluding carboxylic acids is 2. The quantitative estimate of drug-likeness (QED) is 0.456. The molecule has 1 aliphatic rings. The molecule has 0 aromatic heterocycles. The Morgan fingerprint density at radius 3 is 2.68 bits per heavy atom. The van der Waals surface area contributed by atoms with Gasteiger partial charge in [-0.15, -0.1) is 0 Å². The lowest BCUT2D eigenvalue weighted by atomic mass is 9.95. The highest BCUT2D eigenvalue weighted by atomic mass is 32.2. The van der Waals surface area contributed by atoms with Crippen LogP contribution in [-0.2, 0) is 9.53 Å². The van der Waals surface area contributed by atoms with E-state index in [1.165, 1.54) is 0 Å². The van der Waals surface area contributed by atoms with Gasteiger partial charge in [-0.2, -0.15) is 11.8 Å². The molecule has 2 amide bonds. The molecule has 2 N–H and O–H groups in total. The smallest absolute Gasteiger partial charge is 0.338 e. The molecule has 2 rings (SSSR count). The predicted octanol–water partition coefficient (Wildman–Crippen LogP) is 3.41. The van der Waals surface area contributed by atoms with Crippen molar-refractivity contribution in [2.45, 2.75) is 33.2 Å². The van der Waals surface area contributed by atoms with Gasteiger partial charge in [0, 0.05) is 11.4 Å². The number of nitrogens with one attached hydrogen (secondary N) is 2. The number of hydrogen-bond donors (Lipinski definition) is 2. The number of methoxy groups -OCH3 is 1. The molecule has 1 atom stereocenters. The van der Waals surface area contributed by atoms with Crippen LogP contribution in [-0.4, -0.2) is 43.8 Å². The number of carbonyl (C=O) groups is 2. The predicted molar refractivity (Wildman–Crippen MR) is 110 cm³/mol. The summed E-state index contributed by atoms with van der Waals surface area (Å²) in [6.45, 7) is 6.67. The first-order chi connectivity index (χ1) is 13.5. The van der Waals surface area contributed by atoms with Gasteiger partial charge in [0.25, 0.3) is 0 Å². The fraction of sp³-hybridized carbons (Fsp3) is 0.500. The lowest BCUT2D eigenvalue weighted by molar-refractivity contribution is -0.138. The molecular formula is C20H28N2O5S. The van der Waals surface area contributed by atoms with Crippen LogP contribution in [0, 0.1) is 0 Å². The maximum Gasteiger partial charge on any atom is 0.338 e. The van der Waals surface area contributed by atoms with Gasteiger partial charge < -0.3 is 24.8 Å². The van der Waals surface area contributed by atoms with Gasteiger partial charge in [-0.25, -0.2) is 9.59 Å². The van der Waals surface area contributed by atoms with E-state index < -0.39 is 12.0 Å². The van der Waals surface area contributed by atoms with Gasteiger partial charge in [0.15, 0.2) is 11.5 Å². The molecule has 0 saturated heterocycles. The summed E-state index contributed by atoms with van der Waals surface area (Å²) in [5.74, 6) is 2.41. The lowest BCUT2D eigenvalue weighted by Gasteiger charge is -2.28. The van der Waals surface area contributed by atoms with E-state index in [-0.39, 0.29) is 6.03 Å². The zero-order chi connectivity index (χ0) is 20.5. The molecule has 1 aliphatic heterocycles. The molecule has 0 radical (unpaired) electrons. The maximum absolute atomic E-state index is 12.7. The first-order valence-electron chi connectivity index (χ1n) is 9.35. The Hall–Kier alpha value is -2.35. The topological polar surface area (TPSA) is 85.9 Å². The van der Waals surface area contributed by atoms with Crippen LogP contribution in [0.2, 0.25) is 0 Å². The van der Waals surface area contributed by atoms with E-state index in [0.29, 0.717) is 41.5 Å². The lowest BCUT2D eigenvalue weighted by Crippen LogP contribution is -2.45. The van der Waals surface area contributed by atoms with Crippen LogP contribution in [0.3, 0.4) is 0 Å². The molecule has 1 unspecified atom stereocenters. The van der Waals surface area contributed by atoms with E-state index in [9.17, 15) is 9.59 Å². The molecule has 7 nitrogen and oxygen atoms in total. The van der Waals surface area contributed by atoms with Crippen molar-refractivity contribution in [3.63, 3.8) is 0 Å². The molecule has 0 fully saturated rings. The minimum absolute atomic E-state index is 0.321. The highest BCUT2D eigenvalue weighted by Gasteiger charge is 2.32. The summed E-state index contributed by atoms with van der Waals surface area (Å²) < 4.78 is 16.5. The first kappa shape index (κ1) is 21.9. The fourth-order valence-corrected chi connectivity index (χ4v) is 3.31. The van der Waals surface area contributed by atoms with Crippen LogP contribution < -0.4 is 20.1 Å². The van der Waals surface area contributed by atoms with Crippen molar-refractivity contribution < 1.29 is 23.8 Å². The van der Waals surface area contributed by atoms with E-state index in [0.717, 1.165) is 17.9 Å². The van der Waals surface area contributed by atoms with Crippen molar-refractivity contribution in [3.8, 4) is 11.5 Å². The molecule has 154 valence electrons. The third-order valence-electron chi connectivity index (χ3n) is 4.14. The molecule has 0 aliphatic carbocycles. The Kier molecular flexibility index (Phi) is 8.50. The van der Waals surface area contributed by atoms with Crippen molar-refractivity contribution in [3.05, 3.63) is 35.0 Å². The Bertz CT molecular complexity index is 735. The summed E-state index contributed by atoms with van der Waals surface area (Å²) in [5.41, 5.74) is 1.57. The number of amides is 2. The Labute approximate surface area is 170 Å². The third kappa shape index (κ3) is 5.58. The summed E-state index contributed by atoms with van der Waals surface area (Å²) in [5, 5.41) is 5.45. The van der Waals surface area contributed by atoms with Gasteiger partial charge in [0.05, 0.1) is 25.3 Å². The van der Waals surface area contributed by atoms with E-state index in [1.807, 2.05) is 13.0 Å². The molecule has 1 aromatic carbocycles. The van der Waals surface area contributed by atoms with Crippen LogP contribution in [0.15, 0.2) is 29.5 Å². The van der Waals surface area contributed by atoms with Crippen molar-refractivity contribution >= 4 is 23.8 Å². The van der Waals surface area contributed by atoms with Gasteiger partial charge >= 0.3 is 12.0 Å². The van der Waals surface area contributed by atoms with Crippen molar-refractivity contribution in [1.82, 2.24) is 10.6 Å². The Balaban J connectivity index is 2.28. The van der Waals surface area contributed by atoms with Crippen molar-refractivity contribution in [2.75, 3.05) is 31.8 Å². The minimum atomic E-state index is -0.630. The molecule has 0 bridgehead atoms. The second-order valence-electron chi connectivity index (χ2n) is 6.16. The number of esters is 1. The molecular weight excluding hydrogens is 380 g/mol. The molecule has 1 aromatic rings. The number of ether oxygens (including phenoxy) is 3. The molecule has 1 heterocycles.